The molecule has 18 heavy (non-hydrogen) atoms. The molecule has 0 saturated carbocycles. The molecular weight excluding hydrogens is 298 g/mol. The molecule has 1 saturated heterocycles. The summed E-state index contributed by atoms with van der Waals surface area (Å²) in [6, 6.07) is 0. The Labute approximate surface area is 114 Å². The summed E-state index contributed by atoms with van der Waals surface area (Å²) in [5.74, 6) is 0.312. The van der Waals surface area contributed by atoms with Crippen molar-refractivity contribution >= 4 is 21.9 Å². The Balaban J connectivity index is 2.03. The van der Waals surface area contributed by atoms with Crippen LogP contribution in [0.4, 0.5) is 0 Å². The van der Waals surface area contributed by atoms with Gasteiger partial charge >= 0.3 is 5.97 Å². The lowest BCUT2D eigenvalue weighted by Gasteiger charge is -2.23. The van der Waals surface area contributed by atoms with Gasteiger partial charge in [-0.2, -0.15) is 0 Å². The number of hydrogen-bond acceptors (Lipinski definition) is 3. The Morgan fingerprint density at radius 2 is 2.33 bits per heavy atom. The molecule has 98 valence electrons. The molecule has 0 bridgehead atoms. The van der Waals surface area contributed by atoms with Gasteiger partial charge in [-0.25, -0.2) is 4.98 Å². The summed E-state index contributed by atoms with van der Waals surface area (Å²) in [6.07, 6.45) is 2.71. The van der Waals surface area contributed by atoms with Crippen molar-refractivity contribution in [2.24, 2.45) is 0 Å². The number of rotatable bonds is 2. The molecule has 1 aromatic heterocycles. The molecule has 1 fully saturated rings. The van der Waals surface area contributed by atoms with Crippen LogP contribution in [-0.2, 0) is 11.3 Å². The van der Waals surface area contributed by atoms with Crippen molar-refractivity contribution in [2.75, 3.05) is 13.1 Å². The van der Waals surface area contributed by atoms with E-state index in [1.807, 2.05) is 0 Å². The van der Waals surface area contributed by atoms with Crippen molar-refractivity contribution in [1.29, 1.82) is 0 Å². The van der Waals surface area contributed by atoms with Gasteiger partial charge in [-0.1, -0.05) is 0 Å². The summed E-state index contributed by atoms with van der Waals surface area (Å²) < 4.78 is 2.85. The Kier molecular flexibility index (Phi) is 3.15. The van der Waals surface area contributed by atoms with Crippen molar-refractivity contribution in [3.05, 3.63) is 16.1 Å². The van der Waals surface area contributed by atoms with Crippen LogP contribution >= 0.6 is 15.9 Å². The Bertz CT molecular complexity index is 480. The molecule has 2 atom stereocenters. The van der Waals surface area contributed by atoms with Crippen molar-refractivity contribution in [1.82, 2.24) is 14.9 Å². The van der Waals surface area contributed by atoms with E-state index in [-0.39, 0.29) is 0 Å². The number of carboxylic acids is 1. The Hall–Kier alpha value is -0.880. The average molecular weight is 314 g/mol. The molecule has 1 aromatic rings. The number of aliphatic carboxylic acids is 1. The highest BCUT2D eigenvalue weighted by molar-refractivity contribution is 9.10. The first-order valence-electron chi connectivity index (χ1n) is 6.38. The highest BCUT2D eigenvalue weighted by Gasteiger charge is 2.34. The van der Waals surface area contributed by atoms with Crippen LogP contribution in [0.25, 0.3) is 0 Å². The zero-order valence-corrected chi connectivity index (χ0v) is 11.6. The number of imidazole rings is 1. The van der Waals surface area contributed by atoms with Crippen LogP contribution < -0.4 is 5.32 Å². The molecule has 0 aliphatic carbocycles. The van der Waals surface area contributed by atoms with Crippen molar-refractivity contribution in [3.63, 3.8) is 0 Å². The average Bonchev–Trinajstić information content (AvgIpc) is 2.97. The molecule has 0 amide bonds. The van der Waals surface area contributed by atoms with Crippen LogP contribution in [0.1, 0.15) is 42.6 Å². The van der Waals surface area contributed by atoms with Gasteiger partial charge in [0, 0.05) is 19.0 Å². The molecule has 2 aliphatic rings. The molecule has 2 N–H and O–H groups in total. The summed E-state index contributed by atoms with van der Waals surface area (Å²) in [6.45, 7) is 2.86. The maximum atomic E-state index is 11.3. The highest BCUT2D eigenvalue weighted by atomic mass is 79.9. The van der Waals surface area contributed by atoms with Gasteiger partial charge in [0.05, 0.1) is 11.6 Å². The van der Waals surface area contributed by atoms with E-state index >= 15 is 0 Å². The molecular formula is C12H16BrN3O2. The van der Waals surface area contributed by atoms with Crippen LogP contribution in [0, 0.1) is 0 Å². The number of hydrogen-bond donors (Lipinski definition) is 2. The standard InChI is InChI=1S/C12H16BrN3O2/c13-10-9-8(12(17)18)2-1-5-16(9)11(15-10)7-3-4-14-6-7/h7-8,14H,1-6H2,(H,17,18). The van der Waals surface area contributed by atoms with E-state index in [0.717, 1.165) is 48.6 Å². The largest absolute Gasteiger partial charge is 0.481 e. The first-order chi connectivity index (χ1) is 8.68. The van der Waals surface area contributed by atoms with E-state index < -0.39 is 11.9 Å². The summed E-state index contributed by atoms with van der Waals surface area (Å²) in [5, 5.41) is 12.6. The molecule has 0 aromatic carbocycles. The maximum Gasteiger partial charge on any atom is 0.312 e. The molecule has 2 aliphatic heterocycles. The molecule has 0 radical (unpaired) electrons. The van der Waals surface area contributed by atoms with Crippen molar-refractivity contribution in [3.8, 4) is 0 Å². The molecule has 5 nitrogen and oxygen atoms in total. The summed E-state index contributed by atoms with van der Waals surface area (Å²) >= 11 is 3.44. The summed E-state index contributed by atoms with van der Waals surface area (Å²) in [7, 11) is 0. The van der Waals surface area contributed by atoms with Gasteiger partial charge in [0.15, 0.2) is 0 Å². The number of nitrogens with zero attached hydrogens (tertiary/aromatic N) is 2. The first kappa shape index (κ1) is 12.2. The third-order valence-electron chi connectivity index (χ3n) is 3.92. The fourth-order valence-electron chi connectivity index (χ4n) is 3.04. The predicted molar refractivity (Wildman–Crippen MR) is 69.8 cm³/mol. The van der Waals surface area contributed by atoms with Crippen LogP contribution in [0.15, 0.2) is 4.60 Å². The fraction of sp³-hybridized carbons (Fsp3) is 0.667. The minimum Gasteiger partial charge on any atom is -0.481 e. The number of nitrogens with one attached hydrogen (secondary N) is 1. The first-order valence-corrected chi connectivity index (χ1v) is 7.17. The number of fused-ring (bicyclic) bond motifs is 1. The zero-order valence-electron chi connectivity index (χ0n) is 10.0. The van der Waals surface area contributed by atoms with Crippen LogP contribution in [0.3, 0.4) is 0 Å². The van der Waals surface area contributed by atoms with Crippen LogP contribution in [0.5, 0.6) is 0 Å². The SMILES string of the molecule is O=C(O)C1CCCn2c(C3CCNC3)nc(Br)c21. The van der Waals surface area contributed by atoms with Gasteiger partial charge in [-0.3, -0.25) is 4.79 Å². The molecule has 3 rings (SSSR count). The van der Waals surface area contributed by atoms with Gasteiger partial charge in [-0.05, 0) is 41.7 Å². The monoisotopic (exact) mass is 313 g/mol. The van der Waals surface area contributed by atoms with E-state index in [1.165, 1.54) is 0 Å². The lowest BCUT2D eigenvalue weighted by Crippen LogP contribution is -2.24. The van der Waals surface area contributed by atoms with E-state index in [4.69, 9.17) is 0 Å². The van der Waals surface area contributed by atoms with Crippen molar-refractivity contribution < 1.29 is 9.90 Å². The second-order valence-corrected chi connectivity index (χ2v) is 5.77. The summed E-state index contributed by atoms with van der Waals surface area (Å²) in [5.41, 5.74) is 0.857. The number of carboxylic acid groups (broad SMARTS) is 1. The van der Waals surface area contributed by atoms with Crippen LogP contribution in [-0.4, -0.2) is 33.7 Å². The van der Waals surface area contributed by atoms with Gasteiger partial charge in [0.1, 0.15) is 10.4 Å². The van der Waals surface area contributed by atoms with E-state index in [9.17, 15) is 9.90 Å². The third-order valence-corrected chi connectivity index (χ3v) is 4.50. The normalized spacial score (nSPS) is 27.2. The lowest BCUT2D eigenvalue weighted by molar-refractivity contribution is -0.139. The Morgan fingerprint density at radius 3 is 3.00 bits per heavy atom. The van der Waals surface area contributed by atoms with Gasteiger partial charge in [-0.15, -0.1) is 0 Å². The molecule has 3 heterocycles. The van der Waals surface area contributed by atoms with E-state index in [0.29, 0.717) is 12.3 Å². The second kappa shape index (κ2) is 4.66. The van der Waals surface area contributed by atoms with Crippen molar-refractivity contribution in [2.45, 2.75) is 37.6 Å². The maximum absolute atomic E-state index is 11.3. The predicted octanol–water partition coefficient (Wildman–Crippen LogP) is 1.68. The van der Waals surface area contributed by atoms with Crippen LogP contribution in [0.2, 0.25) is 0 Å². The van der Waals surface area contributed by atoms with Gasteiger partial charge < -0.3 is 15.0 Å². The highest BCUT2D eigenvalue weighted by Crippen LogP contribution is 2.36. The lowest BCUT2D eigenvalue weighted by atomic mass is 9.96. The third kappa shape index (κ3) is 1.87. The van der Waals surface area contributed by atoms with E-state index in [2.05, 4.69) is 30.8 Å². The number of carbonyl (C=O) groups is 1. The number of aromatic nitrogens is 2. The zero-order chi connectivity index (χ0) is 12.7. The summed E-state index contributed by atoms with van der Waals surface area (Å²) in [4.78, 5) is 15.9. The number of halogens is 1. The quantitative estimate of drug-likeness (QED) is 0.872. The molecule has 6 heteroatoms. The van der Waals surface area contributed by atoms with Gasteiger partial charge in [0.25, 0.3) is 0 Å². The molecule has 0 spiro atoms. The Morgan fingerprint density at radius 1 is 1.50 bits per heavy atom. The smallest absolute Gasteiger partial charge is 0.312 e. The van der Waals surface area contributed by atoms with Gasteiger partial charge in [0.2, 0.25) is 0 Å². The fourth-order valence-corrected chi connectivity index (χ4v) is 3.71. The molecule has 2 unspecified atom stereocenters. The second-order valence-electron chi connectivity index (χ2n) is 5.02. The topological polar surface area (TPSA) is 67.2 Å². The van der Waals surface area contributed by atoms with E-state index in [1.54, 1.807) is 0 Å². The minimum atomic E-state index is -0.743. The minimum absolute atomic E-state index is 0.413.